The third kappa shape index (κ3) is 1.40. The van der Waals surface area contributed by atoms with E-state index in [1.165, 1.54) is 12.3 Å². The van der Waals surface area contributed by atoms with Crippen LogP contribution < -0.4 is 0 Å². The molecule has 1 aromatic rings. The van der Waals surface area contributed by atoms with E-state index in [0.29, 0.717) is 25.2 Å². The Kier molecular flexibility index (Phi) is 1.98. The molecular weight excluding hydrogens is 170 g/mol. The fraction of sp³-hybridized carbons (Fsp3) is 0.333. The van der Waals surface area contributed by atoms with Crippen molar-refractivity contribution in [3.8, 4) is 0 Å². The summed E-state index contributed by atoms with van der Waals surface area (Å²) in [6.07, 6.45) is 2.24. The van der Waals surface area contributed by atoms with Crippen LogP contribution in [-0.4, -0.2) is 22.7 Å². The van der Waals surface area contributed by atoms with Crippen LogP contribution in [0, 0.1) is 0 Å². The minimum atomic E-state index is -0.913. The van der Waals surface area contributed by atoms with Crippen LogP contribution in [0.25, 0.3) is 0 Å². The van der Waals surface area contributed by atoms with Gasteiger partial charge in [-0.1, -0.05) is 0 Å². The van der Waals surface area contributed by atoms with Crippen LogP contribution in [0.3, 0.4) is 0 Å². The Bertz CT molecular complexity index is 349. The normalized spacial score (nSPS) is 15.1. The molecule has 4 heteroatoms. The number of nitrogens with zero attached hydrogens (tertiary/aromatic N) is 1. The van der Waals surface area contributed by atoms with E-state index in [1.807, 2.05) is 0 Å². The first-order valence-electron chi connectivity index (χ1n) is 4.07. The third-order valence-corrected chi connectivity index (χ3v) is 2.11. The molecule has 0 bridgehead atoms. The zero-order chi connectivity index (χ0) is 9.26. The van der Waals surface area contributed by atoms with E-state index < -0.39 is 5.97 Å². The van der Waals surface area contributed by atoms with Gasteiger partial charge in [-0.05, 0) is 6.07 Å². The molecule has 0 aliphatic carbocycles. The van der Waals surface area contributed by atoms with Crippen LogP contribution >= 0.6 is 0 Å². The van der Waals surface area contributed by atoms with Gasteiger partial charge in [0.05, 0.1) is 18.8 Å². The molecule has 0 aromatic carbocycles. The number of ether oxygens (including phenoxy) is 1. The summed E-state index contributed by atoms with van der Waals surface area (Å²) in [6, 6.07) is 1.51. The molecule has 2 heterocycles. The average molecular weight is 179 g/mol. The highest BCUT2D eigenvalue weighted by atomic mass is 16.5. The van der Waals surface area contributed by atoms with Crippen molar-refractivity contribution >= 4 is 5.97 Å². The Labute approximate surface area is 75.2 Å². The Balaban J connectivity index is 2.52. The topological polar surface area (TPSA) is 59.4 Å². The lowest BCUT2D eigenvalue weighted by molar-refractivity contribution is 0.0680. The number of carboxylic acids is 1. The van der Waals surface area contributed by atoms with Crippen molar-refractivity contribution in [3.05, 3.63) is 29.1 Å². The number of carbonyl (C=O) groups is 1. The summed E-state index contributed by atoms with van der Waals surface area (Å²) in [5.74, 6) is -0.913. The lowest BCUT2D eigenvalue weighted by Gasteiger charge is -2.16. The smallest absolute Gasteiger partial charge is 0.336 e. The van der Waals surface area contributed by atoms with Crippen molar-refractivity contribution in [2.24, 2.45) is 0 Å². The highest BCUT2D eigenvalue weighted by molar-refractivity contribution is 5.89. The summed E-state index contributed by atoms with van der Waals surface area (Å²) in [4.78, 5) is 14.9. The van der Waals surface area contributed by atoms with Crippen molar-refractivity contribution in [3.63, 3.8) is 0 Å². The highest BCUT2D eigenvalue weighted by Gasteiger charge is 2.17. The van der Waals surface area contributed by atoms with Crippen LogP contribution in [-0.2, 0) is 17.8 Å². The first-order valence-corrected chi connectivity index (χ1v) is 4.07. The van der Waals surface area contributed by atoms with E-state index in [0.717, 1.165) is 11.3 Å². The molecule has 0 spiro atoms. The van der Waals surface area contributed by atoms with Gasteiger partial charge >= 0.3 is 5.97 Å². The second-order valence-corrected chi connectivity index (χ2v) is 2.89. The van der Waals surface area contributed by atoms with Gasteiger partial charge in [-0.2, -0.15) is 0 Å². The van der Waals surface area contributed by atoms with Crippen LogP contribution in [0.15, 0.2) is 12.3 Å². The van der Waals surface area contributed by atoms with Crippen LogP contribution in [0.4, 0.5) is 0 Å². The lowest BCUT2D eigenvalue weighted by atomic mass is 10.0. The summed E-state index contributed by atoms with van der Waals surface area (Å²) in [7, 11) is 0. The first-order chi connectivity index (χ1) is 6.29. The third-order valence-electron chi connectivity index (χ3n) is 2.11. The second-order valence-electron chi connectivity index (χ2n) is 2.89. The molecule has 1 aliphatic heterocycles. The van der Waals surface area contributed by atoms with Crippen molar-refractivity contribution < 1.29 is 14.6 Å². The standard InChI is InChI=1S/C9H9NO3/c11-9(12)6-1-3-10-8-2-4-13-5-7(6)8/h1,3H,2,4-5H2,(H,11,12). The maximum Gasteiger partial charge on any atom is 0.336 e. The van der Waals surface area contributed by atoms with E-state index in [4.69, 9.17) is 9.84 Å². The van der Waals surface area contributed by atoms with E-state index in [1.54, 1.807) is 0 Å². The van der Waals surface area contributed by atoms with Gasteiger partial charge in [0, 0.05) is 23.9 Å². The fourth-order valence-electron chi connectivity index (χ4n) is 1.46. The number of hydrogen-bond acceptors (Lipinski definition) is 3. The molecule has 0 radical (unpaired) electrons. The highest BCUT2D eigenvalue weighted by Crippen LogP contribution is 2.18. The maximum absolute atomic E-state index is 10.8. The van der Waals surface area contributed by atoms with E-state index in [2.05, 4.69) is 4.98 Å². The van der Waals surface area contributed by atoms with Crippen molar-refractivity contribution in [2.45, 2.75) is 13.0 Å². The number of aromatic carboxylic acids is 1. The average Bonchev–Trinajstić information content (AvgIpc) is 2.17. The van der Waals surface area contributed by atoms with Crippen molar-refractivity contribution in [1.82, 2.24) is 4.98 Å². The van der Waals surface area contributed by atoms with Gasteiger partial charge in [0.1, 0.15) is 0 Å². The summed E-state index contributed by atoms with van der Waals surface area (Å²) >= 11 is 0. The minimum absolute atomic E-state index is 0.310. The van der Waals surface area contributed by atoms with Gasteiger partial charge in [-0.25, -0.2) is 4.79 Å². The molecule has 0 atom stereocenters. The number of carboxylic acid groups (broad SMARTS) is 1. The maximum atomic E-state index is 10.8. The number of fused-ring (bicyclic) bond motifs is 1. The summed E-state index contributed by atoms with van der Waals surface area (Å²) < 4.78 is 5.18. The van der Waals surface area contributed by atoms with E-state index >= 15 is 0 Å². The Morgan fingerprint density at radius 1 is 1.62 bits per heavy atom. The zero-order valence-electron chi connectivity index (χ0n) is 6.99. The van der Waals surface area contributed by atoms with Gasteiger partial charge in [0.2, 0.25) is 0 Å². The Hall–Kier alpha value is -1.42. The molecule has 13 heavy (non-hydrogen) atoms. The van der Waals surface area contributed by atoms with Gasteiger partial charge in [0.25, 0.3) is 0 Å². The summed E-state index contributed by atoms with van der Waals surface area (Å²) in [5.41, 5.74) is 1.89. The van der Waals surface area contributed by atoms with E-state index in [-0.39, 0.29) is 0 Å². The van der Waals surface area contributed by atoms with Crippen LogP contribution in [0.2, 0.25) is 0 Å². The largest absolute Gasteiger partial charge is 0.478 e. The number of rotatable bonds is 1. The SMILES string of the molecule is O=C(O)c1ccnc2c1COCC2. The van der Waals surface area contributed by atoms with E-state index in [9.17, 15) is 4.79 Å². The molecule has 1 aromatic heterocycles. The molecule has 1 aliphatic rings. The van der Waals surface area contributed by atoms with Gasteiger partial charge < -0.3 is 9.84 Å². The summed E-state index contributed by atoms with van der Waals surface area (Å²) in [6.45, 7) is 0.994. The predicted octanol–water partition coefficient (Wildman–Crippen LogP) is 0.853. The molecule has 2 rings (SSSR count). The zero-order valence-corrected chi connectivity index (χ0v) is 6.99. The molecule has 1 N–H and O–H groups in total. The molecule has 0 fully saturated rings. The van der Waals surface area contributed by atoms with Crippen LogP contribution in [0.1, 0.15) is 21.6 Å². The Morgan fingerprint density at radius 3 is 3.23 bits per heavy atom. The van der Waals surface area contributed by atoms with Gasteiger partial charge in [0.15, 0.2) is 0 Å². The molecule has 0 saturated heterocycles. The number of hydrogen-bond donors (Lipinski definition) is 1. The molecule has 0 amide bonds. The number of pyridine rings is 1. The van der Waals surface area contributed by atoms with Crippen molar-refractivity contribution in [1.29, 1.82) is 0 Å². The van der Waals surface area contributed by atoms with Gasteiger partial charge in [-0.15, -0.1) is 0 Å². The molecular formula is C9H9NO3. The fourth-order valence-corrected chi connectivity index (χ4v) is 1.46. The molecule has 0 saturated carbocycles. The van der Waals surface area contributed by atoms with Crippen molar-refractivity contribution in [2.75, 3.05) is 6.61 Å². The Morgan fingerprint density at radius 2 is 2.46 bits per heavy atom. The summed E-state index contributed by atoms with van der Waals surface area (Å²) in [5, 5.41) is 8.86. The van der Waals surface area contributed by atoms with Crippen LogP contribution in [0.5, 0.6) is 0 Å². The monoisotopic (exact) mass is 179 g/mol. The lowest BCUT2D eigenvalue weighted by Crippen LogP contribution is -2.16. The predicted molar refractivity (Wildman–Crippen MR) is 44.6 cm³/mol. The minimum Gasteiger partial charge on any atom is -0.478 e. The molecule has 68 valence electrons. The first kappa shape index (κ1) is 8.19. The molecule has 4 nitrogen and oxygen atoms in total. The quantitative estimate of drug-likeness (QED) is 0.694. The van der Waals surface area contributed by atoms with Gasteiger partial charge in [-0.3, -0.25) is 4.98 Å². The number of aromatic nitrogens is 1. The molecule has 0 unspecified atom stereocenters. The second kappa shape index (κ2) is 3.14.